The molecule has 1 nitrogen and oxygen atoms in total. The predicted molar refractivity (Wildman–Crippen MR) is 71.5 cm³/mol. The molecule has 94 valence electrons. The Labute approximate surface area is 117 Å². The van der Waals surface area contributed by atoms with E-state index in [1.165, 1.54) is 12.1 Å². The Morgan fingerprint density at radius 2 is 1.78 bits per heavy atom. The van der Waals surface area contributed by atoms with Crippen molar-refractivity contribution in [1.82, 2.24) is 0 Å². The molecule has 0 spiro atoms. The first-order valence-electron chi connectivity index (χ1n) is 5.15. The van der Waals surface area contributed by atoms with E-state index >= 15 is 0 Å². The molecule has 1 unspecified atom stereocenters. The van der Waals surface area contributed by atoms with Crippen molar-refractivity contribution < 1.29 is 8.78 Å². The van der Waals surface area contributed by atoms with Gasteiger partial charge in [0.25, 0.3) is 0 Å². The highest BCUT2D eigenvalue weighted by atomic mass is 79.9. The molecule has 0 radical (unpaired) electrons. The standard InChI is InChI=1S/C13H9BrClF2N/c14-8-5-6-10(16)11(12(8)17)13(18)7-3-1-2-4-9(7)15/h1-6,13H,18H2. The van der Waals surface area contributed by atoms with Crippen LogP contribution in [-0.2, 0) is 0 Å². The summed E-state index contributed by atoms with van der Waals surface area (Å²) in [6, 6.07) is 8.24. The summed E-state index contributed by atoms with van der Waals surface area (Å²) >= 11 is 8.99. The van der Waals surface area contributed by atoms with Gasteiger partial charge >= 0.3 is 0 Å². The van der Waals surface area contributed by atoms with E-state index in [2.05, 4.69) is 15.9 Å². The van der Waals surface area contributed by atoms with E-state index in [9.17, 15) is 8.78 Å². The summed E-state index contributed by atoms with van der Waals surface area (Å²) < 4.78 is 27.8. The maximum absolute atomic E-state index is 13.9. The molecule has 0 aliphatic carbocycles. The van der Waals surface area contributed by atoms with E-state index in [0.717, 1.165) is 0 Å². The topological polar surface area (TPSA) is 26.0 Å². The van der Waals surface area contributed by atoms with Crippen molar-refractivity contribution in [1.29, 1.82) is 0 Å². The molecule has 0 bridgehead atoms. The van der Waals surface area contributed by atoms with Crippen molar-refractivity contribution in [2.45, 2.75) is 6.04 Å². The fourth-order valence-electron chi connectivity index (χ4n) is 1.71. The Morgan fingerprint density at radius 1 is 1.11 bits per heavy atom. The maximum atomic E-state index is 13.9. The third-order valence-electron chi connectivity index (χ3n) is 2.63. The molecule has 0 amide bonds. The van der Waals surface area contributed by atoms with E-state index in [0.29, 0.717) is 10.6 Å². The van der Waals surface area contributed by atoms with Crippen LogP contribution in [0.4, 0.5) is 8.78 Å². The molecule has 2 N–H and O–H groups in total. The van der Waals surface area contributed by atoms with Crippen LogP contribution in [-0.4, -0.2) is 0 Å². The van der Waals surface area contributed by atoms with Crippen molar-refractivity contribution in [3.8, 4) is 0 Å². The molecule has 0 heterocycles. The highest BCUT2D eigenvalue weighted by Gasteiger charge is 2.21. The first kappa shape index (κ1) is 13.5. The van der Waals surface area contributed by atoms with Crippen molar-refractivity contribution in [2.75, 3.05) is 0 Å². The summed E-state index contributed by atoms with van der Waals surface area (Å²) in [7, 11) is 0. The zero-order chi connectivity index (χ0) is 13.3. The van der Waals surface area contributed by atoms with Crippen molar-refractivity contribution in [2.24, 2.45) is 5.73 Å². The van der Waals surface area contributed by atoms with Crippen LogP contribution in [0, 0.1) is 11.6 Å². The quantitative estimate of drug-likeness (QED) is 0.809. The van der Waals surface area contributed by atoms with Crippen LogP contribution in [0.1, 0.15) is 17.2 Å². The summed E-state index contributed by atoms with van der Waals surface area (Å²) in [6.45, 7) is 0. The maximum Gasteiger partial charge on any atom is 0.145 e. The first-order chi connectivity index (χ1) is 8.52. The van der Waals surface area contributed by atoms with Crippen LogP contribution < -0.4 is 5.73 Å². The molecular formula is C13H9BrClF2N. The van der Waals surface area contributed by atoms with Crippen LogP contribution in [0.3, 0.4) is 0 Å². The second kappa shape index (κ2) is 5.34. The fraction of sp³-hybridized carbons (Fsp3) is 0.0769. The van der Waals surface area contributed by atoms with Gasteiger partial charge in [-0.3, -0.25) is 0 Å². The van der Waals surface area contributed by atoms with Crippen molar-refractivity contribution in [3.63, 3.8) is 0 Å². The lowest BCUT2D eigenvalue weighted by Gasteiger charge is -2.16. The zero-order valence-corrected chi connectivity index (χ0v) is 11.5. The fourth-order valence-corrected chi connectivity index (χ4v) is 2.31. The van der Waals surface area contributed by atoms with Gasteiger partial charge < -0.3 is 5.73 Å². The Balaban J connectivity index is 2.56. The lowest BCUT2D eigenvalue weighted by Crippen LogP contribution is -2.16. The third kappa shape index (κ3) is 2.41. The third-order valence-corrected chi connectivity index (χ3v) is 3.59. The van der Waals surface area contributed by atoms with Gasteiger partial charge in [-0.1, -0.05) is 29.8 Å². The van der Waals surface area contributed by atoms with Crippen molar-refractivity contribution in [3.05, 3.63) is 68.7 Å². The lowest BCUT2D eigenvalue weighted by molar-refractivity contribution is 0.539. The van der Waals surface area contributed by atoms with Crippen molar-refractivity contribution >= 4 is 27.5 Å². The summed E-state index contributed by atoms with van der Waals surface area (Å²) in [5, 5.41) is 0.378. The van der Waals surface area contributed by atoms with E-state index in [1.54, 1.807) is 24.3 Å². The molecule has 1 atom stereocenters. The minimum atomic E-state index is -0.948. The summed E-state index contributed by atoms with van der Waals surface area (Å²) in [6.07, 6.45) is 0. The number of hydrogen-bond donors (Lipinski definition) is 1. The minimum Gasteiger partial charge on any atom is -0.320 e. The molecule has 2 aromatic carbocycles. The molecule has 0 aromatic heterocycles. The Hall–Kier alpha value is -0.970. The largest absolute Gasteiger partial charge is 0.320 e. The summed E-state index contributed by atoms with van der Waals surface area (Å²) in [5.41, 5.74) is 6.19. The minimum absolute atomic E-state index is 0.168. The molecule has 0 saturated heterocycles. The molecule has 5 heteroatoms. The van der Waals surface area contributed by atoms with Gasteiger partial charge in [-0.05, 0) is 39.7 Å². The Kier molecular flexibility index (Phi) is 4.00. The van der Waals surface area contributed by atoms with Gasteiger partial charge in [0, 0.05) is 10.6 Å². The summed E-state index contributed by atoms with van der Waals surface area (Å²) in [4.78, 5) is 0. The second-order valence-electron chi connectivity index (χ2n) is 3.76. The van der Waals surface area contributed by atoms with Crippen LogP contribution in [0.25, 0.3) is 0 Å². The first-order valence-corrected chi connectivity index (χ1v) is 6.33. The van der Waals surface area contributed by atoms with Crippen LogP contribution in [0.2, 0.25) is 5.02 Å². The number of nitrogens with two attached hydrogens (primary N) is 1. The van der Waals surface area contributed by atoms with Gasteiger partial charge in [0.1, 0.15) is 11.6 Å². The van der Waals surface area contributed by atoms with Gasteiger partial charge in [0.15, 0.2) is 0 Å². The molecule has 2 rings (SSSR count). The highest BCUT2D eigenvalue weighted by molar-refractivity contribution is 9.10. The van der Waals surface area contributed by atoms with Gasteiger partial charge in [-0.25, -0.2) is 8.78 Å². The van der Waals surface area contributed by atoms with Gasteiger partial charge in [-0.2, -0.15) is 0 Å². The molecule has 0 aliphatic rings. The van der Waals surface area contributed by atoms with Gasteiger partial charge in [0.05, 0.1) is 10.5 Å². The predicted octanol–water partition coefficient (Wildman–Crippen LogP) is 4.43. The molecule has 0 fully saturated rings. The highest BCUT2D eigenvalue weighted by Crippen LogP contribution is 2.32. The average molecular weight is 333 g/mol. The molecule has 0 aliphatic heterocycles. The number of hydrogen-bond acceptors (Lipinski definition) is 1. The van der Waals surface area contributed by atoms with Crippen LogP contribution in [0.5, 0.6) is 0 Å². The summed E-state index contributed by atoms with van der Waals surface area (Å²) in [5.74, 6) is -1.40. The van der Waals surface area contributed by atoms with Crippen LogP contribution >= 0.6 is 27.5 Å². The van der Waals surface area contributed by atoms with Gasteiger partial charge in [0.2, 0.25) is 0 Å². The average Bonchev–Trinajstić information content (AvgIpc) is 2.35. The Bertz CT molecular complexity index is 589. The Morgan fingerprint density at radius 3 is 2.44 bits per heavy atom. The molecule has 18 heavy (non-hydrogen) atoms. The molecule has 0 saturated carbocycles. The van der Waals surface area contributed by atoms with E-state index < -0.39 is 17.7 Å². The number of rotatable bonds is 2. The SMILES string of the molecule is NC(c1ccccc1Cl)c1c(F)ccc(Br)c1F. The second-order valence-corrected chi connectivity index (χ2v) is 5.02. The monoisotopic (exact) mass is 331 g/mol. The van der Waals surface area contributed by atoms with Gasteiger partial charge in [-0.15, -0.1) is 0 Å². The van der Waals surface area contributed by atoms with E-state index in [-0.39, 0.29) is 10.0 Å². The zero-order valence-electron chi connectivity index (χ0n) is 9.13. The van der Waals surface area contributed by atoms with Crippen LogP contribution in [0.15, 0.2) is 40.9 Å². The molecular weight excluding hydrogens is 324 g/mol. The number of benzene rings is 2. The molecule has 2 aromatic rings. The normalized spacial score (nSPS) is 12.5. The smallest absolute Gasteiger partial charge is 0.145 e. The van der Waals surface area contributed by atoms with E-state index in [4.69, 9.17) is 17.3 Å². The van der Waals surface area contributed by atoms with E-state index in [1.807, 2.05) is 0 Å². The lowest BCUT2D eigenvalue weighted by atomic mass is 9.98. The number of halogens is 4.